The van der Waals surface area contributed by atoms with Gasteiger partial charge in [-0.25, -0.2) is 13.2 Å². The van der Waals surface area contributed by atoms with Crippen LogP contribution in [-0.4, -0.2) is 23.1 Å². The fraction of sp³-hybridized carbons (Fsp3) is 0.200. The van der Waals surface area contributed by atoms with Gasteiger partial charge in [0.25, 0.3) is 0 Å². The lowest BCUT2D eigenvalue weighted by molar-refractivity contribution is -0.0915. The zero-order valence-corrected chi connectivity index (χ0v) is 13.9. The SMILES string of the molecule is Fc1ccc2[nH]cc(CCN3CC=C(Cc4cccc(F)c4F)O3)c2c1. The number of hydrogen-bond donors (Lipinski definition) is 1. The number of fused-ring (bicyclic) bond motifs is 1. The van der Waals surface area contributed by atoms with Crippen molar-refractivity contribution in [1.82, 2.24) is 10.0 Å². The maximum absolute atomic E-state index is 13.8. The summed E-state index contributed by atoms with van der Waals surface area (Å²) in [5.41, 5.74) is 2.17. The lowest BCUT2D eigenvalue weighted by Crippen LogP contribution is -2.22. The maximum atomic E-state index is 13.8. The van der Waals surface area contributed by atoms with Crippen molar-refractivity contribution in [2.45, 2.75) is 12.8 Å². The highest BCUT2D eigenvalue weighted by atomic mass is 19.2. The summed E-state index contributed by atoms with van der Waals surface area (Å²) in [5, 5.41) is 2.62. The summed E-state index contributed by atoms with van der Waals surface area (Å²) in [6.07, 6.45) is 4.62. The second-order valence-corrected chi connectivity index (χ2v) is 6.29. The molecule has 6 heteroatoms. The van der Waals surface area contributed by atoms with Gasteiger partial charge in [-0.1, -0.05) is 12.1 Å². The lowest BCUT2D eigenvalue weighted by Gasteiger charge is -2.16. The zero-order chi connectivity index (χ0) is 18.1. The summed E-state index contributed by atoms with van der Waals surface area (Å²) in [7, 11) is 0. The molecule has 0 aliphatic carbocycles. The van der Waals surface area contributed by atoms with Crippen LogP contribution in [0.15, 0.2) is 54.4 Å². The monoisotopic (exact) mass is 358 g/mol. The summed E-state index contributed by atoms with van der Waals surface area (Å²) < 4.78 is 40.5. The molecule has 0 fully saturated rings. The van der Waals surface area contributed by atoms with E-state index in [-0.39, 0.29) is 17.8 Å². The molecule has 0 unspecified atom stereocenters. The van der Waals surface area contributed by atoms with E-state index in [9.17, 15) is 13.2 Å². The molecule has 134 valence electrons. The summed E-state index contributed by atoms with van der Waals surface area (Å²) in [6.45, 7) is 1.18. The Morgan fingerprint density at radius 3 is 2.85 bits per heavy atom. The van der Waals surface area contributed by atoms with E-state index in [2.05, 4.69) is 4.98 Å². The van der Waals surface area contributed by atoms with E-state index >= 15 is 0 Å². The molecule has 4 rings (SSSR count). The topological polar surface area (TPSA) is 28.3 Å². The van der Waals surface area contributed by atoms with Gasteiger partial charge in [0.2, 0.25) is 0 Å². The summed E-state index contributed by atoms with van der Waals surface area (Å²) in [4.78, 5) is 8.84. The van der Waals surface area contributed by atoms with Crippen LogP contribution in [0.2, 0.25) is 0 Å². The molecule has 2 aromatic carbocycles. The zero-order valence-electron chi connectivity index (χ0n) is 13.9. The molecular formula is C20H17F3N2O. The molecule has 0 spiro atoms. The van der Waals surface area contributed by atoms with Crippen molar-refractivity contribution in [3.8, 4) is 0 Å². The van der Waals surface area contributed by atoms with Crippen molar-refractivity contribution >= 4 is 10.9 Å². The van der Waals surface area contributed by atoms with Gasteiger partial charge in [-0.05, 0) is 47.9 Å². The number of allylic oxidation sites excluding steroid dienone is 1. The lowest BCUT2D eigenvalue weighted by atomic mass is 10.1. The van der Waals surface area contributed by atoms with E-state index in [1.807, 2.05) is 12.3 Å². The molecule has 26 heavy (non-hydrogen) atoms. The number of rotatable bonds is 5. The van der Waals surface area contributed by atoms with Crippen LogP contribution < -0.4 is 0 Å². The average Bonchev–Trinajstić information content (AvgIpc) is 3.23. The van der Waals surface area contributed by atoms with Gasteiger partial charge in [0.05, 0.1) is 6.54 Å². The Morgan fingerprint density at radius 1 is 1.08 bits per heavy atom. The number of nitrogens with zero attached hydrogens (tertiary/aromatic N) is 1. The number of hydroxylamine groups is 2. The average molecular weight is 358 g/mol. The van der Waals surface area contributed by atoms with E-state index in [0.29, 0.717) is 25.3 Å². The van der Waals surface area contributed by atoms with Crippen LogP contribution in [0.4, 0.5) is 13.2 Å². The number of nitrogens with one attached hydrogen (secondary N) is 1. The number of benzene rings is 2. The number of halogens is 3. The highest BCUT2D eigenvalue weighted by molar-refractivity contribution is 5.83. The summed E-state index contributed by atoms with van der Waals surface area (Å²) in [6, 6.07) is 8.78. The first kappa shape index (κ1) is 16.7. The summed E-state index contributed by atoms with van der Waals surface area (Å²) >= 11 is 0. The minimum atomic E-state index is -0.857. The molecule has 0 radical (unpaired) electrons. The molecule has 2 heterocycles. The van der Waals surface area contributed by atoms with Crippen LogP contribution in [0, 0.1) is 17.5 Å². The molecule has 1 aliphatic rings. The summed E-state index contributed by atoms with van der Waals surface area (Å²) in [5.74, 6) is -1.36. The molecule has 0 saturated heterocycles. The molecule has 1 aromatic heterocycles. The molecule has 1 aliphatic heterocycles. The van der Waals surface area contributed by atoms with Gasteiger partial charge in [-0.2, -0.15) is 0 Å². The molecule has 3 nitrogen and oxygen atoms in total. The van der Waals surface area contributed by atoms with Crippen molar-refractivity contribution in [2.75, 3.05) is 13.1 Å². The number of hydrogen-bond acceptors (Lipinski definition) is 2. The predicted octanol–water partition coefficient (Wildman–Crippen LogP) is 4.50. The molecule has 0 bridgehead atoms. The second-order valence-electron chi connectivity index (χ2n) is 6.29. The Bertz CT molecular complexity index is 980. The second kappa shape index (κ2) is 6.88. The molecule has 0 saturated carbocycles. The predicted molar refractivity (Wildman–Crippen MR) is 92.8 cm³/mol. The van der Waals surface area contributed by atoms with Gasteiger partial charge in [-0.15, -0.1) is 5.06 Å². The van der Waals surface area contributed by atoms with Crippen LogP contribution in [0.25, 0.3) is 10.9 Å². The van der Waals surface area contributed by atoms with Gasteiger partial charge in [-0.3, -0.25) is 0 Å². The highest BCUT2D eigenvalue weighted by Crippen LogP contribution is 2.23. The van der Waals surface area contributed by atoms with Gasteiger partial charge in [0, 0.05) is 30.1 Å². The van der Waals surface area contributed by atoms with Crippen molar-refractivity contribution in [3.05, 3.63) is 83.0 Å². The highest BCUT2D eigenvalue weighted by Gasteiger charge is 2.19. The van der Waals surface area contributed by atoms with E-state index in [0.717, 1.165) is 22.5 Å². The smallest absolute Gasteiger partial charge is 0.162 e. The third kappa shape index (κ3) is 3.32. The van der Waals surface area contributed by atoms with Crippen molar-refractivity contribution in [2.24, 2.45) is 0 Å². The number of aromatic nitrogens is 1. The Labute approximate surface area is 148 Å². The first-order chi connectivity index (χ1) is 12.6. The van der Waals surface area contributed by atoms with Gasteiger partial charge in [0.1, 0.15) is 11.6 Å². The van der Waals surface area contributed by atoms with Crippen LogP contribution >= 0.6 is 0 Å². The van der Waals surface area contributed by atoms with Crippen molar-refractivity contribution < 1.29 is 18.0 Å². The third-order valence-corrected chi connectivity index (χ3v) is 4.53. The molecule has 0 amide bonds. The number of aromatic amines is 1. The minimum Gasteiger partial charge on any atom is -0.410 e. The fourth-order valence-electron chi connectivity index (χ4n) is 3.16. The number of H-pyrrole nitrogens is 1. The Morgan fingerprint density at radius 2 is 1.96 bits per heavy atom. The quantitative estimate of drug-likeness (QED) is 0.727. The standard InChI is InChI=1S/C20H17F3N2O/c21-15-4-5-19-17(11-15)14(12-24-19)6-8-25-9-7-16(26-25)10-13-2-1-3-18(22)20(13)23/h1-5,7,11-12,24H,6,8-10H2. The van der Waals surface area contributed by atoms with Crippen LogP contribution in [0.1, 0.15) is 11.1 Å². The maximum Gasteiger partial charge on any atom is 0.162 e. The Kier molecular flexibility index (Phi) is 4.42. The van der Waals surface area contributed by atoms with Crippen LogP contribution in [-0.2, 0) is 17.7 Å². The Balaban J connectivity index is 1.36. The minimum absolute atomic E-state index is 0.207. The molecular weight excluding hydrogens is 341 g/mol. The van der Waals surface area contributed by atoms with Gasteiger partial charge in [0.15, 0.2) is 11.6 Å². The normalized spacial score (nSPS) is 14.7. The largest absolute Gasteiger partial charge is 0.410 e. The van der Waals surface area contributed by atoms with E-state index < -0.39 is 11.6 Å². The first-order valence-electron chi connectivity index (χ1n) is 8.40. The first-order valence-corrected chi connectivity index (χ1v) is 8.40. The Hall–Kier alpha value is -2.73. The van der Waals surface area contributed by atoms with E-state index in [4.69, 9.17) is 4.84 Å². The van der Waals surface area contributed by atoms with Crippen LogP contribution in [0.5, 0.6) is 0 Å². The molecule has 3 aromatic rings. The van der Waals surface area contributed by atoms with Crippen LogP contribution in [0.3, 0.4) is 0 Å². The molecule has 1 N–H and O–H groups in total. The van der Waals surface area contributed by atoms with Gasteiger partial charge >= 0.3 is 0 Å². The van der Waals surface area contributed by atoms with Crippen molar-refractivity contribution in [3.63, 3.8) is 0 Å². The third-order valence-electron chi connectivity index (χ3n) is 4.53. The fourth-order valence-corrected chi connectivity index (χ4v) is 3.16. The molecule has 0 atom stereocenters. The van der Waals surface area contributed by atoms with E-state index in [1.54, 1.807) is 17.2 Å². The van der Waals surface area contributed by atoms with Crippen molar-refractivity contribution in [1.29, 1.82) is 0 Å². The van der Waals surface area contributed by atoms with E-state index in [1.165, 1.54) is 18.2 Å². The van der Waals surface area contributed by atoms with Gasteiger partial charge < -0.3 is 9.82 Å².